The van der Waals surface area contributed by atoms with Gasteiger partial charge in [-0.15, -0.1) is 0 Å². The summed E-state index contributed by atoms with van der Waals surface area (Å²) in [5.74, 6) is -0.0555. The van der Waals surface area contributed by atoms with Gasteiger partial charge in [-0.05, 0) is 63.6 Å². The van der Waals surface area contributed by atoms with E-state index in [-0.39, 0.29) is 17.7 Å². The molecule has 0 fully saturated rings. The van der Waals surface area contributed by atoms with Gasteiger partial charge in [0.25, 0.3) is 5.91 Å². The number of nitrogens with one attached hydrogen (secondary N) is 2. The topological polar surface area (TPSA) is 71.1 Å². The number of carbonyl (C=O) groups excluding carboxylic acids is 2. The van der Waals surface area contributed by atoms with Gasteiger partial charge in [0.15, 0.2) is 0 Å². The summed E-state index contributed by atoms with van der Waals surface area (Å²) in [6, 6.07) is 9.18. The third-order valence-corrected chi connectivity index (χ3v) is 4.07. The molecule has 2 rings (SSSR count). The van der Waals surface area contributed by atoms with E-state index in [2.05, 4.69) is 15.6 Å². The summed E-state index contributed by atoms with van der Waals surface area (Å²) in [6.07, 6.45) is 2.32. The summed E-state index contributed by atoms with van der Waals surface area (Å²) in [4.78, 5) is 28.1. The van der Waals surface area contributed by atoms with Crippen molar-refractivity contribution in [2.45, 2.75) is 33.2 Å². The number of aromatic nitrogens is 1. The van der Waals surface area contributed by atoms with Gasteiger partial charge in [-0.3, -0.25) is 14.6 Å². The molecule has 0 aliphatic carbocycles. The summed E-state index contributed by atoms with van der Waals surface area (Å²) in [7, 11) is 1.78. The minimum Gasteiger partial charge on any atom is -0.322 e. The van der Waals surface area contributed by atoms with E-state index in [1.54, 1.807) is 20.2 Å². The van der Waals surface area contributed by atoms with Crippen molar-refractivity contribution in [1.82, 2.24) is 10.3 Å². The quantitative estimate of drug-likeness (QED) is 0.856. The lowest BCUT2D eigenvalue weighted by Crippen LogP contribution is -2.34. The molecule has 0 radical (unpaired) electrons. The number of rotatable bonds is 6. The van der Waals surface area contributed by atoms with Crippen LogP contribution in [0.15, 0.2) is 36.5 Å². The Balaban J connectivity index is 2.09. The van der Waals surface area contributed by atoms with Crippen molar-refractivity contribution < 1.29 is 9.59 Å². The molecule has 1 aromatic heterocycles. The molecule has 0 aliphatic rings. The first-order chi connectivity index (χ1) is 11.4. The van der Waals surface area contributed by atoms with Crippen molar-refractivity contribution in [3.8, 4) is 0 Å². The highest BCUT2D eigenvalue weighted by Crippen LogP contribution is 2.16. The Labute approximate surface area is 142 Å². The van der Waals surface area contributed by atoms with E-state index in [0.717, 1.165) is 16.8 Å². The monoisotopic (exact) mass is 325 g/mol. The summed E-state index contributed by atoms with van der Waals surface area (Å²) < 4.78 is 0. The molecule has 1 aromatic carbocycles. The zero-order valence-corrected chi connectivity index (χ0v) is 14.5. The van der Waals surface area contributed by atoms with Crippen LogP contribution in [0.5, 0.6) is 0 Å². The summed E-state index contributed by atoms with van der Waals surface area (Å²) in [5.41, 5.74) is 3.97. The molecule has 1 heterocycles. The lowest BCUT2D eigenvalue weighted by Gasteiger charge is -2.13. The average molecular weight is 325 g/mol. The number of hydrogen-bond donors (Lipinski definition) is 2. The van der Waals surface area contributed by atoms with Crippen LogP contribution in [0.25, 0.3) is 0 Å². The molecule has 1 atom stereocenters. The summed E-state index contributed by atoms with van der Waals surface area (Å²) in [6.45, 7) is 5.30. The lowest BCUT2D eigenvalue weighted by atomic mass is 10.0. The van der Waals surface area contributed by atoms with Crippen LogP contribution in [0.1, 0.15) is 34.1 Å². The highest BCUT2D eigenvalue weighted by molar-refractivity contribution is 6.05. The van der Waals surface area contributed by atoms with Crippen molar-refractivity contribution in [3.63, 3.8) is 0 Å². The van der Waals surface area contributed by atoms with Gasteiger partial charge in [0.2, 0.25) is 0 Å². The van der Waals surface area contributed by atoms with Gasteiger partial charge in [-0.25, -0.2) is 0 Å². The number of aryl methyl sites for hydroxylation is 2. The maximum absolute atomic E-state index is 12.4. The van der Waals surface area contributed by atoms with Crippen LogP contribution in [0, 0.1) is 13.8 Å². The SMILES string of the molecule is CNC(Cc1ccc(NC(=O)c2c(C)ccnc2C)cc1)C(C)=O. The van der Waals surface area contributed by atoms with E-state index >= 15 is 0 Å². The number of Topliss-reactive ketones (excluding diaryl/α,β-unsaturated/α-hetero) is 1. The second-order valence-electron chi connectivity index (χ2n) is 5.90. The Morgan fingerprint density at radius 2 is 1.79 bits per heavy atom. The van der Waals surface area contributed by atoms with Crippen LogP contribution >= 0.6 is 0 Å². The maximum Gasteiger partial charge on any atom is 0.257 e. The molecule has 0 saturated heterocycles. The third kappa shape index (κ3) is 4.26. The first-order valence-corrected chi connectivity index (χ1v) is 7.92. The highest BCUT2D eigenvalue weighted by Gasteiger charge is 2.14. The Morgan fingerprint density at radius 3 is 2.33 bits per heavy atom. The van der Waals surface area contributed by atoms with E-state index in [9.17, 15) is 9.59 Å². The first kappa shape index (κ1) is 17.8. The second kappa shape index (κ2) is 7.84. The molecular formula is C19H23N3O2. The van der Waals surface area contributed by atoms with Gasteiger partial charge in [0, 0.05) is 11.9 Å². The van der Waals surface area contributed by atoms with Gasteiger partial charge in [0.1, 0.15) is 5.78 Å². The van der Waals surface area contributed by atoms with Crippen molar-refractivity contribution in [2.24, 2.45) is 0 Å². The molecule has 1 amide bonds. The van der Waals surface area contributed by atoms with Crippen molar-refractivity contribution in [1.29, 1.82) is 0 Å². The van der Waals surface area contributed by atoms with Gasteiger partial charge < -0.3 is 10.6 Å². The number of benzene rings is 1. The van der Waals surface area contributed by atoms with Crippen LogP contribution in [0.3, 0.4) is 0 Å². The van der Waals surface area contributed by atoms with E-state index in [1.807, 2.05) is 44.2 Å². The molecular weight excluding hydrogens is 302 g/mol. The fourth-order valence-electron chi connectivity index (χ4n) is 2.64. The summed E-state index contributed by atoms with van der Waals surface area (Å²) >= 11 is 0. The number of carbonyl (C=O) groups is 2. The standard InChI is InChI=1S/C19H23N3O2/c1-12-9-10-21-13(2)18(12)19(24)22-16-7-5-15(6-8-16)11-17(20-4)14(3)23/h5-10,17,20H,11H2,1-4H3,(H,22,24). The molecule has 126 valence electrons. The van der Waals surface area contributed by atoms with E-state index < -0.39 is 0 Å². The van der Waals surface area contributed by atoms with Gasteiger partial charge >= 0.3 is 0 Å². The van der Waals surface area contributed by atoms with Crippen molar-refractivity contribution in [2.75, 3.05) is 12.4 Å². The predicted molar refractivity (Wildman–Crippen MR) is 95.3 cm³/mol. The van der Waals surface area contributed by atoms with Crippen LogP contribution in [-0.2, 0) is 11.2 Å². The molecule has 2 aromatic rings. The van der Waals surface area contributed by atoms with Crippen LogP contribution in [-0.4, -0.2) is 29.8 Å². The third-order valence-electron chi connectivity index (χ3n) is 4.07. The average Bonchev–Trinajstić information content (AvgIpc) is 2.53. The number of amides is 1. The largest absolute Gasteiger partial charge is 0.322 e. The van der Waals surface area contributed by atoms with Crippen molar-refractivity contribution >= 4 is 17.4 Å². The van der Waals surface area contributed by atoms with Gasteiger partial charge in [-0.1, -0.05) is 12.1 Å². The Bertz CT molecular complexity index is 719. The highest BCUT2D eigenvalue weighted by atomic mass is 16.1. The minimum absolute atomic E-state index is 0.109. The molecule has 0 aliphatic heterocycles. The molecule has 24 heavy (non-hydrogen) atoms. The zero-order chi connectivity index (χ0) is 17.7. The van der Waals surface area contributed by atoms with E-state index in [4.69, 9.17) is 0 Å². The first-order valence-electron chi connectivity index (χ1n) is 7.92. The molecule has 1 unspecified atom stereocenters. The number of anilines is 1. The molecule has 5 nitrogen and oxygen atoms in total. The number of nitrogens with zero attached hydrogens (tertiary/aromatic N) is 1. The Kier molecular flexibility index (Phi) is 5.82. The lowest BCUT2D eigenvalue weighted by molar-refractivity contribution is -0.118. The van der Waals surface area contributed by atoms with Crippen LogP contribution in [0.4, 0.5) is 5.69 Å². The Morgan fingerprint density at radius 1 is 1.12 bits per heavy atom. The smallest absolute Gasteiger partial charge is 0.257 e. The van der Waals surface area contributed by atoms with Crippen LogP contribution in [0.2, 0.25) is 0 Å². The number of hydrogen-bond acceptors (Lipinski definition) is 4. The van der Waals surface area contributed by atoms with Crippen molar-refractivity contribution in [3.05, 3.63) is 58.9 Å². The van der Waals surface area contributed by atoms with Gasteiger partial charge in [-0.2, -0.15) is 0 Å². The number of pyridine rings is 1. The fourth-order valence-corrected chi connectivity index (χ4v) is 2.64. The molecule has 0 saturated carbocycles. The summed E-state index contributed by atoms with van der Waals surface area (Å²) in [5, 5.41) is 5.90. The van der Waals surface area contributed by atoms with Gasteiger partial charge in [0.05, 0.1) is 17.3 Å². The predicted octanol–water partition coefficient (Wildman–Crippen LogP) is 2.67. The molecule has 2 N–H and O–H groups in total. The zero-order valence-electron chi connectivity index (χ0n) is 14.5. The van der Waals surface area contributed by atoms with Crippen LogP contribution < -0.4 is 10.6 Å². The van der Waals surface area contributed by atoms with E-state index in [0.29, 0.717) is 17.7 Å². The molecule has 0 spiro atoms. The normalized spacial score (nSPS) is 11.8. The minimum atomic E-state index is -0.189. The fraction of sp³-hybridized carbons (Fsp3) is 0.316. The molecule has 5 heteroatoms. The van der Waals surface area contributed by atoms with E-state index in [1.165, 1.54) is 0 Å². The number of likely N-dealkylation sites (N-methyl/N-ethyl adjacent to an activating group) is 1. The maximum atomic E-state index is 12.4. The Hall–Kier alpha value is -2.53. The number of ketones is 1. The second-order valence-corrected chi connectivity index (χ2v) is 5.90. The molecule has 0 bridgehead atoms.